The first kappa shape index (κ1) is 26.8. The lowest BCUT2D eigenvalue weighted by molar-refractivity contribution is -0.144. The van der Waals surface area contributed by atoms with Crippen LogP contribution in [0.2, 0.25) is 0 Å². The number of amides is 3. The van der Waals surface area contributed by atoms with Crippen molar-refractivity contribution in [2.75, 3.05) is 7.05 Å². The van der Waals surface area contributed by atoms with E-state index in [4.69, 9.17) is 0 Å². The van der Waals surface area contributed by atoms with Crippen LogP contribution in [-0.2, 0) is 14.4 Å². The molecule has 1 aromatic heterocycles. The van der Waals surface area contributed by atoms with E-state index in [1.807, 2.05) is 50.4 Å². The summed E-state index contributed by atoms with van der Waals surface area (Å²) in [5, 5.41) is 17.6. The highest BCUT2D eigenvalue weighted by Crippen LogP contribution is 2.32. The van der Waals surface area contributed by atoms with Gasteiger partial charge in [-0.25, -0.2) is 4.68 Å². The molecule has 2 aliphatic rings. The second-order valence-electron chi connectivity index (χ2n) is 10.4. The summed E-state index contributed by atoms with van der Waals surface area (Å²) in [5.41, 5.74) is 1.54. The molecule has 0 spiro atoms. The normalized spacial score (nSPS) is 23.6. The van der Waals surface area contributed by atoms with Crippen LogP contribution in [0.1, 0.15) is 82.6 Å². The van der Waals surface area contributed by atoms with Crippen molar-refractivity contribution in [1.29, 1.82) is 0 Å². The Bertz CT molecular complexity index is 1090. The molecule has 2 aliphatic heterocycles. The molecule has 2 saturated heterocycles. The van der Waals surface area contributed by atoms with Gasteiger partial charge in [0.25, 0.3) is 0 Å². The summed E-state index contributed by atoms with van der Waals surface area (Å²) in [6.45, 7) is 5.80. The van der Waals surface area contributed by atoms with Crippen molar-refractivity contribution in [3.05, 3.63) is 47.8 Å². The minimum absolute atomic E-state index is 0.00154. The van der Waals surface area contributed by atoms with Crippen LogP contribution >= 0.6 is 0 Å². The fourth-order valence-electron chi connectivity index (χ4n) is 5.24. The molecular weight excluding hydrogens is 470 g/mol. The Morgan fingerprint density at radius 3 is 2.43 bits per heavy atom. The van der Waals surface area contributed by atoms with Crippen molar-refractivity contribution >= 4 is 17.7 Å². The van der Waals surface area contributed by atoms with Crippen LogP contribution in [0.25, 0.3) is 0 Å². The number of carbonyl (C=O) groups excluding carboxylic acids is 3. The van der Waals surface area contributed by atoms with Crippen LogP contribution in [0, 0.1) is 0 Å². The molecule has 4 rings (SSSR count). The van der Waals surface area contributed by atoms with E-state index in [1.165, 1.54) is 0 Å². The number of rotatable bonds is 8. The maximum Gasteiger partial charge on any atom is 0.246 e. The van der Waals surface area contributed by atoms with Crippen LogP contribution in [0.15, 0.2) is 36.5 Å². The van der Waals surface area contributed by atoms with Crippen molar-refractivity contribution in [1.82, 2.24) is 35.8 Å². The summed E-state index contributed by atoms with van der Waals surface area (Å²) in [6.07, 6.45) is 6.50. The first-order valence-corrected chi connectivity index (χ1v) is 13.4. The van der Waals surface area contributed by atoms with Gasteiger partial charge in [0, 0.05) is 12.1 Å². The quantitative estimate of drug-likeness (QED) is 0.501. The van der Waals surface area contributed by atoms with E-state index in [2.05, 4.69) is 26.3 Å². The van der Waals surface area contributed by atoms with Crippen molar-refractivity contribution in [2.45, 2.75) is 95.5 Å². The fourth-order valence-corrected chi connectivity index (χ4v) is 5.24. The van der Waals surface area contributed by atoms with E-state index >= 15 is 0 Å². The van der Waals surface area contributed by atoms with E-state index < -0.39 is 24.2 Å². The van der Waals surface area contributed by atoms with Gasteiger partial charge in [0.2, 0.25) is 17.7 Å². The van der Waals surface area contributed by atoms with Crippen molar-refractivity contribution < 1.29 is 14.4 Å². The predicted octanol–water partition coefficient (Wildman–Crippen LogP) is 2.09. The third kappa shape index (κ3) is 6.01. The van der Waals surface area contributed by atoms with E-state index in [1.54, 1.807) is 23.6 Å². The van der Waals surface area contributed by atoms with Crippen LogP contribution < -0.4 is 16.0 Å². The molecule has 0 radical (unpaired) electrons. The van der Waals surface area contributed by atoms with E-state index in [0.29, 0.717) is 18.5 Å². The lowest BCUT2D eigenvalue weighted by Gasteiger charge is -2.36. The van der Waals surface area contributed by atoms with Gasteiger partial charge in [-0.3, -0.25) is 14.4 Å². The number of likely N-dealkylation sites (N-methyl/N-ethyl adjacent to an activating group) is 1. The molecule has 5 atom stereocenters. The van der Waals surface area contributed by atoms with Gasteiger partial charge in [-0.15, -0.1) is 5.10 Å². The lowest BCUT2D eigenvalue weighted by atomic mass is 9.98. The highest BCUT2D eigenvalue weighted by molar-refractivity contribution is 5.94. The molecule has 200 valence electrons. The average molecular weight is 510 g/mol. The third-order valence-corrected chi connectivity index (χ3v) is 7.55. The van der Waals surface area contributed by atoms with Crippen LogP contribution in [-0.4, -0.2) is 68.8 Å². The Labute approximate surface area is 218 Å². The highest BCUT2D eigenvalue weighted by atomic mass is 16.2. The molecule has 2 aromatic rings. The Hall–Kier alpha value is -3.27. The first-order valence-electron chi connectivity index (χ1n) is 13.4. The topological polar surface area (TPSA) is 121 Å². The van der Waals surface area contributed by atoms with E-state index in [-0.39, 0.29) is 29.8 Å². The Morgan fingerprint density at radius 2 is 1.76 bits per heavy atom. The number of benzene rings is 1. The molecule has 0 bridgehead atoms. The molecule has 1 aromatic carbocycles. The van der Waals surface area contributed by atoms with Gasteiger partial charge in [0.1, 0.15) is 17.8 Å². The number of carbonyl (C=O) groups is 3. The Morgan fingerprint density at radius 1 is 1.03 bits per heavy atom. The zero-order valence-electron chi connectivity index (χ0n) is 22.2. The molecule has 0 unspecified atom stereocenters. The van der Waals surface area contributed by atoms with Crippen LogP contribution in [0.5, 0.6) is 0 Å². The minimum atomic E-state index is -0.629. The van der Waals surface area contributed by atoms with Gasteiger partial charge < -0.3 is 20.9 Å². The van der Waals surface area contributed by atoms with Gasteiger partial charge in [0.05, 0.1) is 18.3 Å². The monoisotopic (exact) mass is 509 g/mol. The van der Waals surface area contributed by atoms with Gasteiger partial charge in [-0.2, -0.15) is 0 Å². The first-order chi connectivity index (χ1) is 17.8. The second-order valence-corrected chi connectivity index (χ2v) is 10.4. The number of hydrogen-bond donors (Lipinski definition) is 3. The van der Waals surface area contributed by atoms with Gasteiger partial charge in [-0.1, -0.05) is 48.4 Å². The van der Waals surface area contributed by atoms with Crippen molar-refractivity contribution in [3.8, 4) is 0 Å². The fraction of sp³-hybridized carbons (Fsp3) is 0.593. The summed E-state index contributed by atoms with van der Waals surface area (Å²) in [4.78, 5) is 41.8. The number of hydrogen-bond acceptors (Lipinski definition) is 6. The number of aromatic nitrogens is 3. The minimum Gasteiger partial charge on any atom is -0.343 e. The second kappa shape index (κ2) is 11.9. The van der Waals surface area contributed by atoms with Crippen molar-refractivity contribution in [3.63, 3.8) is 0 Å². The largest absolute Gasteiger partial charge is 0.343 e. The molecular formula is C27H39N7O3. The van der Waals surface area contributed by atoms with E-state index in [0.717, 1.165) is 31.2 Å². The van der Waals surface area contributed by atoms with Crippen LogP contribution in [0.3, 0.4) is 0 Å². The molecule has 3 N–H and O–H groups in total. The average Bonchev–Trinajstić information content (AvgIpc) is 3.55. The van der Waals surface area contributed by atoms with Crippen molar-refractivity contribution in [2.24, 2.45) is 0 Å². The molecule has 10 heteroatoms. The molecule has 3 amide bonds. The number of nitrogens with one attached hydrogen (secondary N) is 3. The molecule has 0 saturated carbocycles. The Balaban J connectivity index is 1.57. The summed E-state index contributed by atoms with van der Waals surface area (Å²) < 4.78 is 1.77. The lowest BCUT2D eigenvalue weighted by Crippen LogP contribution is -2.58. The standard InChI is InChI=1S/C27H39N7O3/c1-17(2)33-16-22(31-32-33)24(19-10-6-5-7-11-19)30-26(36)23-15-14-20-12-8-9-13-21(27(37)34(20)23)29-25(35)18(3)28-4/h5-7,10-11,16-18,20-21,23-24,28H,8-9,12-15H2,1-4H3,(H,29,35)(H,30,36)/t18-,20-,21-,23-,24-/m0/s1. The Kier molecular flexibility index (Phi) is 8.58. The maximum atomic E-state index is 13.8. The summed E-state index contributed by atoms with van der Waals surface area (Å²) in [6, 6.07) is 7.70. The maximum absolute atomic E-state index is 13.8. The van der Waals surface area contributed by atoms with Gasteiger partial charge >= 0.3 is 0 Å². The SMILES string of the molecule is CN[C@@H](C)C(=O)N[C@H]1CCCC[C@H]2CC[C@@H](C(=O)N[C@@H](c3ccccc3)c3cn(C(C)C)nn3)N2C1=O. The molecule has 10 nitrogen and oxygen atoms in total. The van der Waals surface area contributed by atoms with Gasteiger partial charge in [0.15, 0.2) is 0 Å². The zero-order valence-corrected chi connectivity index (χ0v) is 22.2. The number of fused-ring (bicyclic) bond motifs is 1. The van der Waals surface area contributed by atoms with Gasteiger partial charge in [-0.05, 0) is 59.1 Å². The summed E-state index contributed by atoms with van der Waals surface area (Å²) >= 11 is 0. The molecule has 37 heavy (non-hydrogen) atoms. The number of nitrogens with zero attached hydrogens (tertiary/aromatic N) is 4. The van der Waals surface area contributed by atoms with E-state index in [9.17, 15) is 14.4 Å². The van der Waals surface area contributed by atoms with Crippen LogP contribution in [0.4, 0.5) is 0 Å². The molecule has 2 fully saturated rings. The predicted molar refractivity (Wildman–Crippen MR) is 139 cm³/mol. The molecule has 3 heterocycles. The third-order valence-electron chi connectivity index (χ3n) is 7.55. The molecule has 0 aliphatic carbocycles. The smallest absolute Gasteiger partial charge is 0.246 e. The highest BCUT2D eigenvalue weighted by Gasteiger charge is 2.44. The summed E-state index contributed by atoms with van der Waals surface area (Å²) in [7, 11) is 1.71. The zero-order chi connectivity index (χ0) is 26.5. The summed E-state index contributed by atoms with van der Waals surface area (Å²) in [5.74, 6) is -0.588.